The number of thiazole rings is 1. The Bertz CT molecular complexity index is 1230. The van der Waals surface area contributed by atoms with Gasteiger partial charge >= 0.3 is 6.61 Å². The fraction of sp³-hybridized carbons (Fsp3) is 0.143. The van der Waals surface area contributed by atoms with E-state index in [-0.39, 0.29) is 11.7 Å². The molecule has 1 amide bonds. The monoisotopic (exact) mass is 488 g/mol. The molecule has 0 saturated heterocycles. The number of thioether (sulfide) groups is 1. The fourth-order valence-corrected chi connectivity index (χ4v) is 4.71. The molecule has 2 heterocycles. The highest BCUT2D eigenvalue weighted by Gasteiger charge is 2.19. The predicted molar refractivity (Wildman–Crippen MR) is 123 cm³/mol. The van der Waals surface area contributed by atoms with Gasteiger partial charge in [-0.2, -0.15) is 8.78 Å². The zero-order valence-corrected chi connectivity index (χ0v) is 18.9. The first-order valence-electron chi connectivity index (χ1n) is 9.61. The Morgan fingerprint density at radius 1 is 1.18 bits per heavy atom. The molecular weight excluding hydrogens is 470 g/mol. The summed E-state index contributed by atoms with van der Waals surface area (Å²) in [5.74, 6) is 6.89. The van der Waals surface area contributed by atoms with Gasteiger partial charge in [-0.05, 0) is 36.4 Å². The maximum absolute atomic E-state index is 12.3. The standard InChI is InChI=1S/C21H18F2N6O2S2/c1-13(30)28(16-5-3-2-4-6-16)20-25-15(11-32-20)12-33-21-27-26-18(29(21)24)14-7-9-17(10-8-14)31-19(22)23/h2-11,19H,12,24H2,1H3. The van der Waals surface area contributed by atoms with Gasteiger partial charge in [0.15, 0.2) is 11.0 Å². The predicted octanol–water partition coefficient (Wildman–Crippen LogP) is 4.69. The molecule has 0 spiro atoms. The molecule has 2 N–H and O–H groups in total. The van der Waals surface area contributed by atoms with E-state index in [0.29, 0.717) is 27.4 Å². The van der Waals surface area contributed by atoms with E-state index in [0.717, 1.165) is 11.4 Å². The summed E-state index contributed by atoms with van der Waals surface area (Å²) >= 11 is 2.71. The van der Waals surface area contributed by atoms with Crippen LogP contribution in [0.1, 0.15) is 12.6 Å². The highest BCUT2D eigenvalue weighted by Crippen LogP contribution is 2.31. The Morgan fingerprint density at radius 2 is 1.91 bits per heavy atom. The number of rotatable bonds is 8. The number of anilines is 2. The molecule has 0 aliphatic carbocycles. The summed E-state index contributed by atoms with van der Waals surface area (Å²) in [6.07, 6.45) is 0. The van der Waals surface area contributed by atoms with E-state index >= 15 is 0 Å². The number of nitrogens with zero attached hydrogens (tertiary/aromatic N) is 5. The van der Waals surface area contributed by atoms with E-state index in [9.17, 15) is 13.6 Å². The van der Waals surface area contributed by atoms with Crippen molar-refractivity contribution in [3.05, 3.63) is 65.7 Å². The average molecular weight is 489 g/mol. The second-order valence-corrected chi connectivity index (χ2v) is 8.46. The van der Waals surface area contributed by atoms with Gasteiger partial charge in [0.2, 0.25) is 11.1 Å². The molecule has 0 atom stereocenters. The number of nitrogen functional groups attached to an aromatic ring is 1. The van der Waals surface area contributed by atoms with Crippen molar-refractivity contribution in [3.8, 4) is 17.1 Å². The van der Waals surface area contributed by atoms with Crippen LogP contribution >= 0.6 is 23.1 Å². The van der Waals surface area contributed by atoms with E-state index in [1.54, 1.807) is 17.0 Å². The fourth-order valence-electron chi connectivity index (χ4n) is 2.97. The number of aromatic nitrogens is 4. The summed E-state index contributed by atoms with van der Waals surface area (Å²) in [7, 11) is 0. The number of ether oxygens (including phenoxy) is 1. The normalized spacial score (nSPS) is 11.0. The molecule has 0 fully saturated rings. The highest BCUT2D eigenvalue weighted by atomic mass is 32.2. The molecule has 2 aromatic carbocycles. The van der Waals surface area contributed by atoms with Crippen molar-refractivity contribution in [1.82, 2.24) is 19.9 Å². The number of benzene rings is 2. The minimum Gasteiger partial charge on any atom is -0.435 e. The number of para-hydroxylation sites is 1. The number of nitrogens with two attached hydrogens (primary N) is 1. The summed E-state index contributed by atoms with van der Waals surface area (Å²) in [5.41, 5.74) is 2.12. The molecule has 12 heteroatoms. The lowest BCUT2D eigenvalue weighted by molar-refractivity contribution is -0.115. The molecule has 33 heavy (non-hydrogen) atoms. The second kappa shape index (κ2) is 9.96. The molecule has 2 aromatic heterocycles. The van der Waals surface area contributed by atoms with Crippen LogP contribution in [0.15, 0.2) is 65.1 Å². The minimum atomic E-state index is -2.89. The SMILES string of the molecule is CC(=O)N(c1ccccc1)c1nc(CSc2nnc(-c3ccc(OC(F)F)cc3)n2N)cs1. The zero-order valence-electron chi connectivity index (χ0n) is 17.3. The van der Waals surface area contributed by atoms with E-state index in [4.69, 9.17) is 5.84 Å². The van der Waals surface area contributed by atoms with Crippen molar-refractivity contribution in [2.24, 2.45) is 0 Å². The molecule has 0 aliphatic heterocycles. The maximum atomic E-state index is 12.3. The van der Waals surface area contributed by atoms with Crippen LogP contribution in [-0.2, 0) is 10.5 Å². The van der Waals surface area contributed by atoms with Crippen molar-refractivity contribution in [2.45, 2.75) is 24.4 Å². The van der Waals surface area contributed by atoms with Crippen molar-refractivity contribution < 1.29 is 18.3 Å². The lowest BCUT2D eigenvalue weighted by Crippen LogP contribution is -2.22. The molecule has 170 valence electrons. The van der Waals surface area contributed by atoms with Gasteiger partial charge in [-0.3, -0.25) is 9.69 Å². The van der Waals surface area contributed by atoms with Gasteiger partial charge < -0.3 is 10.6 Å². The Morgan fingerprint density at radius 3 is 2.58 bits per heavy atom. The number of carbonyl (C=O) groups excluding carboxylic acids is 1. The van der Waals surface area contributed by atoms with Crippen LogP contribution in [0.2, 0.25) is 0 Å². The number of carbonyl (C=O) groups is 1. The molecule has 0 unspecified atom stereocenters. The molecule has 0 saturated carbocycles. The summed E-state index contributed by atoms with van der Waals surface area (Å²) in [6, 6.07) is 15.3. The highest BCUT2D eigenvalue weighted by molar-refractivity contribution is 7.98. The van der Waals surface area contributed by atoms with Crippen LogP contribution in [0, 0.1) is 0 Å². The second-order valence-electron chi connectivity index (χ2n) is 6.68. The molecular formula is C21H18F2N6O2S2. The molecule has 0 bridgehead atoms. The lowest BCUT2D eigenvalue weighted by atomic mass is 10.2. The van der Waals surface area contributed by atoms with E-state index in [1.165, 1.54) is 46.8 Å². The minimum absolute atomic E-state index is 0.0425. The number of alkyl halides is 2. The summed E-state index contributed by atoms with van der Waals surface area (Å²) in [6.45, 7) is -1.40. The first kappa shape index (κ1) is 22.7. The third-order valence-electron chi connectivity index (χ3n) is 4.41. The smallest absolute Gasteiger partial charge is 0.387 e. The largest absolute Gasteiger partial charge is 0.435 e. The molecule has 0 aliphatic rings. The Kier molecular flexibility index (Phi) is 6.84. The number of hydrogen-bond donors (Lipinski definition) is 1. The number of hydrogen-bond acceptors (Lipinski definition) is 8. The molecule has 4 aromatic rings. The Labute approximate surface area is 196 Å². The van der Waals surface area contributed by atoms with E-state index < -0.39 is 6.61 Å². The third kappa shape index (κ3) is 5.29. The van der Waals surface area contributed by atoms with Gasteiger partial charge in [0.05, 0.1) is 11.4 Å². The van der Waals surface area contributed by atoms with Crippen molar-refractivity contribution in [1.29, 1.82) is 0 Å². The number of halogens is 2. The van der Waals surface area contributed by atoms with Gasteiger partial charge in [0, 0.05) is 23.6 Å². The number of amides is 1. The average Bonchev–Trinajstić information content (AvgIpc) is 3.40. The van der Waals surface area contributed by atoms with Crippen LogP contribution in [0.5, 0.6) is 5.75 Å². The van der Waals surface area contributed by atoms with Gasteiger partial charge in [-0.25, -0.2) is 9.66 Å². The van der Waals surface area contributed by atoms with Crippen molar-refractivity contribution in [3.63, 3.8) is 0 Å². The van der Waals surface area contributed by atoms with Crippen LogP contribution < -0.4 is 15.5 Å². The van der Waals surface area contributed by atoms with Gasteiger partial charge in [0.25, 0.3) is 0 Å². The van der Waals surface area contributed by atoms with Crippen LogP contribution in [0.25, 0.3) is 11.4 Å². The lowest BCUT2D eigenvalue weighted by Gasteiger charge is -2.17. The van der Waals surface area contributed by atoms with E-state index in [2.05, 4.69) is 19.9 Å². The quantitative estimate of drug-likeness (QED) is 0.284. The summed E-state index contributed by atoms with van der Waals surface area (Å²) in [5, 5.41) is 11.1. The first-order valence-corrected chi connectivity index (χ1v) is 11.5. The van der Waals surface area contributed by atoms with E-state index in [1.807, 2.05) is 35.7 Å². The van der Waals surface area contributed by atoms with Gasteiger partial charge in [-0.15, -0.1) is 21.5 Å². The topological polar surface area (TPSA) is 99.2 Å². The Balaban J connectivity index is 1.45. The van der Waals surface area contributed by atoms with Crippen molar-refractivity contribution in [2.75, 3.05) is 10.7 Å². The van der Waals surface area contributed by atoms with Crippen LogP contribution in [0.3, 0.4) is 0 Å². The first-order chi connectivity index (χ1) is 15.9. The molecule has 0 radical (unpaired) electrons. The summed E-state index contributed by atoms with van der Waals surface area (Å²) < 4.78 is 30.3. The molecule has 4 rings (SSSR count). The molecule has 8 nitrogen and oxygen atoms in total. The zero-order chi connectivity index (χ0) is 23.4. The van der Waals surface area contributed by atoms with Crippen LogP contribution in [-0.4, -0.2) is 32.4 Å². The van der Waals surface area contributed by atoms with Crippen molar-refractivity contribution >= 4 is 39.8 Å². The van der Waals surface area contributed by atoms with Crippen LogP contribution in [0.4, 0.5) is 19.6 Å². The third-order valence-corrected chi connectivity index (χ3v) is 6.26. The van der Waals surface area contributed by atoms with Gasteiger partial charge in [-0.1, -0.05) is 30.0 Å². The summed E-state index contributed by atoms with van der Waals surface area (Å²) in [4.78, 5) is 18.3. The van der Waals surface area contributed by atoms with Gasteiger partial charge in [0.1, 0.15) is 5.75 Å². The Hall–Kier alpha value is -3.51. The maximum Gasteiger partial charge on any atom is 0.387 e.